The molecule has 1 unspecified atom stereocenters. The molecule has 1 N–H and O–H groups in total. The van der Waals surface area contributed by atoms with E-state index in [0.29, 0.717) is 12.1 Å². The van der Waals surface area contributed by atoms with Gasteiger partial charge in [0.05, 0.1) is 5.69 Å². The summed E-state index contributed by atoms with van der Waals surface area (Å²) < 4.78 is 13.7. The zero-order chi connectivity index (χ0) is 12.3. The van der Waals surface area contributed by atoms with Gasteiger partial charge >= 0.3 is 5.97 Å². The van der Waals surface area contributed by atoms with Gasteiger partial charge in [-0.15, -0.1) is 0 Å². The number of hydrogen-bond donors (Lipinski definition) is 1. The number of aliphatic carboxylic acids is 1. The van der Waals surface area contributed by atoms with E-state index in [1.54, 1.807) is 12.1 Å². The molecule has 1 fully saturated rings. The first-order valence-corrected chi connectivity index (χ1v) is 5.91. The van der Waals surface area contributed by atoms with Crippen LogP contribution in [0.2, 0.25) is 0 Å². The fourth-order valence-corrected chi connectivity index (χ4v) is 2.43. The number of carboxylic acids is 1. The lowest BCUT2D eigenvalue weighted by Gasteiger charge is -2.26. The highest BCUT2D eigenvalue weighted by Crippen LogP contribution is 2.29. The molecule has 0 radical (unpaired) electrons. The Bertz CT molecular complexity index is 408. The molecule has 17 heavy (non-hydrogen) atoms. The van der Waals surface area contributed by atoms with Crippen LogP contribution in [0.15, 0.2) is 24.3 Å². The number of hydrogen-bond acceptors (Lipinski definition) is 2. The Labute approximate surface area is 99.9 Å². The third kappa shape index (κ3) is 2.75. The van der Waals surface area contributed by atoms with Crippen molar-refractivity contribution < 1.29 is 14.3 Å². The van der Waals surface area contributed by atoms with Gasteiger partial charge < -0.3 is 10.0 Å². The summed E-state index contributed by atoms with van der Waals surface area (Å²) in [5.74, 6) is -1.01. The fraction of sp³-hybridized carbons (Fsp3) is 0.462. The van der Waals surface area contributed by atoms with Gasteiger partial charge in [0, 0.05) is 19.0 Å². The monoisotopic (exact) mass is 237 g/mol. The van der Waals surface area contributed by atoms with Crippen LogP contribution in [0.4, 0.5) is 10.1 Å². The highest BCUT2D eigenvalue weighted by molar-refractivity contribution is 5.66. The lowest BCUT2D eigenvalue weighted by molar-refractivity contribution is -0.137. The van der Waals surface area contributed by atoms with Crippen LogP contribution in [-0.2, 0) is 4.79 Å². The molecule has 0 aliphatic carbocycles. The quantitative estimate of drug-likeness (QED) is 0.875. The van der Waals surface area contributed by atoms with E-state index in [2.05, 4.69) is 0 Å². The minimum atomic E-state index is -0.787. The second kappa shape index (κ2) is 5.17. The lowest BCUT2D eigenvalue weighted by atomic mass is 10.1. The van der Waals surface area contributed by atoms with Crippen molar-refractivity contribution in [2.24, 2.45) is 0 Å². The zero-order valence-electron chi connectivity index (χ0n) is 9.60. The molecule has 1 aliphatic heterocycles. The Morgan fingerprint density at radius 3 is 2.94 bits per heavy atom. The van der Waals surface area contributed by atoms with Crippen molar-refractivity contribution in [3.8, 4) is 0 Å². The molecule has 1 aliphatic rings. The molecule has 0 amide bonds. The Morgan fingerprint density at radius 2 is 2.24 bits per heavy atom. The second-order valence-corrected chi connectivity index (χ2v) is 4.37. The minimum Gasteiger partial charge on any atom is -0.481 e. The fourth-order valence-electron chi connectivity index (χ4n) is 2.43. The van der Waals surface area contributed by atoms with Crippen LogP contribution < -0.4 is 4.90 Å². The summed E-state index contributed by atoms with van der Waals surface area (Å²) in [5, 5.41) is 8.69. The summed E-state index contributed by atoms with van der Waals surface area (Å²) in [6, 6.07) is 6.84. The molecular formula is C13H16FNO2. The maximum atomic E-state index is 13.7. The third-order valence-electron chi connectivity index (χ3n) is 3.23. The summed E-state index contributed by atoms with van der Waals surface area (Å²) in [5.41, 5.74) is 0.598. The molecule has 1 aromatic rings. The second-order valence-electron chi connectivity index (χ2n) is 4.37. The smallest absolute Gasteiger partial charge is 0.303 e. The summed E-state index contributed by atoms with van der Waals surface area (Å²) in [4.78, 5) is 12.6. The van der Waals surface area contributed by atoms with Crippen LogP contribution in [0.25, 0.3) is 0 Å². The first-order chi connectivity index (χ1) is 8.18. The van der Waals surface area contributed by atoms with Gasteiger partial charge in [0.15, 0.2) is 0 Å². The molecule has 3 nitrogen and oxygen atoms in total. The van der Waals surface area contributed by atoms with E-state index >= 15 is 0 Å². The van der Waals surface area contributed by atoms with E-state index in [1.165, 1.54) is 6.07 Å². The first-order valence-electron chi connectivity index (χ1n) is 5.91. The first kappa shape index (κ1) is 11.9. The maximum absolute atomic E-state index is 13.7. The van der Waals surface area contributed by atoms with Crippen molar-refractivity contribution in [1.82, 2.24) is 0 Å². The summed E-state index contributed by atoms with van der Waals surface area (Å²) in [6.45, 7) is 0.811. The summed E-state index contributed by atoms with van der Waals surface area (Å²) in [6.07, 6.45) is 2.68. The topological polar surface area (TPSA) is 40.5 Å². The molecule has 0 bridgehead atoms. The average molecular weight is 237 g/mol. The van der Waals surface area contributed by atoms with Gasteiger partial charge in [-0.2, -0.15) is 0 Å². The molecule has 1 heterocycles. The molecule has 4 heteroatoms. The number of para-hydroxylation sites is 1. The summed E-state index contributed by atoms with van der Waals surface area (Å²) in [7, 11) is 0. The van der Waals surface area contributed by atoms with Crippen LogP contribution in [-0.4, -0.2) is 23.7 Å². The number of halogens is 1. The SMILES string of the molecule is O=C(O)CCC1CCCN1c1ccccc1F. The molecule has 0 aromatic heterocycles. The Kier molecular flexibility index (Phi) is 3.61. The Hall–Kier alpha value is -1.58. The number of anilines is 1. The number of rotatable bonds is 4. The highest BCUT2D eigenvalue weighted by atomic mass is 19.1. The van der Waals surface area contributed by atoms with Crippen molar-refractivity contribution in [1.29, 1.82) is 0 Å². The van der Waals surface area contributed by atoms with Gasteiger partial charge in [-0.25, -0.2) is 4.39 Å². The molecule has 1 aromatic carbocycles. The van der Waals surface area contributed by atoms with E-state index in [-0.39, 0.29) is 18.3 Å². The van der Waals surface area contributed by atoms with Gasteiger partial charge in [-0.3, -0.25) is 4.79 Å². The molecule has 1 atom stereocenters. The standard InChI is InChI=1S/C13H16FNO2/c14-11-5-1-2-6-12(11)15-9-3-4-10(15)7-8-13(16)17/h1-2,5-6,10H,3-4,7-9H2,(H,16,17). The van der Waals surface area contributed by atoms with Crippen molar-refractivity contribution in [3.63, 3.8) is 0 Å². The van der Waals surface area contributed by atoms with E-state index in [9.17, 15) is 9.18 Å². The van der Waals surface area contributed by atoms with Gasteiger partial charge in [-0.05, 0) is 31.4 Å². The number of benzene rings is 1. The summed E-state index contributed by atoms with van der Waals surface area (Å²) >= 11 is 0. The Morgan fingerprint density at radius 1 is 1.47 bits per heavy atom. The molecular weight excluding hydrogens is 221 g/mol. The van der Waals surface area contributed by atoms with Crippen molar-refractivity contribution in [2.45, 2.75) is 31.7 Å². The van der Waals surface area contributed by atoms with Gasteiger partial charge in [-0.1, -0.05) is 12.1 Å². The molecule has 2 rings (SSSR count). The maximum Gasteiger partial charge on any atom is 0.303 e. The van der Waals surface area contributed by atoms with E-state index in [1.807, 2.05) is 11.0 Å². The van der Waals surface area contributed by atoms with Crippen LogP contribution >= 0.6 is 0 Å². The highest BCUT2D eigenvalue weighted by Gasteiger charge is 2.26. The van der Waals surface area contributed by atoms with Crippen molar-refractivity contribution in [3.05, 3.63) is 30.1 Å². The average Bonchev–Trinajstić information content (AvgIpc) is 2.75. The van der Waals surface area contributed by atoms with Crippen LogP contribution in [0.3, 0.4) is 0 Å². The lowest BCUT2D eigenvalue weighted by Crippen LogP contribution is -2.30. The Balaban J connectivity index is 2.09. The molecule has 0 saturated carbocycles. The molecule has 1 saturated heterocycles. The van der Waals surface area contributed by atoms with Crippen LogP contribution in [0, 0.1) is 5.82 Å². The van der Waals surface area contributed by atoms with Gasteiger partial charge in [0.25, 0.3) is 0 Å². The van der Waals surface area contributed by atoms with Gasteiger partial charge in [0.2, 0.25) is 0 Å². The van der Waals surface area contributed by atoms with E-state index in [0.717, 1.165) is 19.4 Å². The third-order valence-corrected chi connectivity index (χ3v) is 3.23. The number of carbonyl (C=O) groups is 1. The van der Waals surface area contributed by atoms with Crippen molar-refractivity contribution >= 4 is 11.7 Å². The minimum absolute atomic E-state index is 0.148. The number of carboxylic acid groups (broad SMARTS) is 1. The van der Waals surface area contributed by atoms with Crippen molar-refractivity contribution in [2.75, 3.05) is 11.4 Å². The zero-order valence-corrected chi connectivity index (χ0v) is 9.60. The van der Waals surface area contributed by atoms with E-state index in [4.69, 9.17) is 5.11 Å². The molecule has 0 spiro atoms. The predicted octanol–water partition coefficient (Wildman–Crippen LogP) is 2.66. The van der Waals surface area contributed by atoms with E-state index < -0.39 is 5.97 Å². The van der Waals surface area contributed by atoms with Crippen LogP contribution in [0.5, 0.6) is 0 Å². The van der Waals surface area contributed by atoms with Gasteiger partial charge in [0.1, 0.15) is 5.82 Å². The number of nitrogens with zero attached hydrogens (tertiary/aromatic N) is 1. The molecule has 92 valence electrons. The predicted molar refractivity (Wildman–Crippen MR) is 63.6 cm³/mol. The van der Waals surface area contributed by atoms with Crippen LogP contribution in [0.1, 0.15) is 25.7 Å². The normalized spacial score (nSPS) is 19.6. The largest absolute Gasteiger partial charge is 0.481 e.